The molecule has 0 bridgehead atoms. The molecule has 0 spiro atoms. The van der Waals surface area contributed by atoms with Crippen LogP contribution in [0.2, 0.25) is 0 Å². The third-order valence-corrected chi connectivity index (χ3v) is 4.08. The molecule has 0 aromatic heterocycles. The van der Waals surface area contributed by atoms with E-state index >= 15 is 0 Å². The second kappa shape index (κ2) is 9.85. The summed E-state index contributed by atoms with van der Waals surface area (Å²) in [6.07, 6.45) is 1.13. The summed E-state index contributed by atoms with van der Waals surface area (Å²) in [5.41, 5.74) is 2.03. The van der Waals surface area contributed by atoms with Gasteiger partial charge < -0.3 is 10.4 Å². The van der Waals surface area contributed by atoms with Crippen LogP contribution in [0.5, 0.6) is 0 Å². The maximum Gasteiger partial charge on any atom is 0.225 e. The molecule has 1 atom stereocenters. The second-order valence-electron chi connectivity index (χ2n) is 5.98. The molecule has 2 N–H and O–H groups in total. The van der Waals surface area contributed by atoms with E-state index in [2.05, 4.69) is 29.3 Å². The van der Waals surface area contributed by atoms with Crippen LogP contribution >= 0.6 is 0 Å². The minimum Gasteiger partial charge on any atom is -0.396 e. The van der Waals surface area contributed by atoms with Gasteiger partial charge in [0.05, 0.1) is 0 Å². The maximum atomic E-state index is 12.2. The fourth-order valence-electron chi connectivity index (χ4n) is 2.63. The van der Waals surface area contributed by atoms with Crippen LogP contribution in [0.15, 0.2) is 60.7 Å². The summed E-state index contributed by atoms with van der Waals surface area (Å²) in [6, 6.07) is 19.9. The van der Waals surface area contributed by atoms with Crippen molar-refractivity contribution >= 4 is 11.6 Å². The van der Waals surface area contributed by atoms with Gasteiger partial charge in [-0.05, 0) is 31.0 Å². The van der Waals surface area contributed by atoms with Crippen LogP contribution in [0.25, 0.3) is 0 Å². The largest absolute Gasteiger partial charge is 0.396 e. The highest BCUT2D eigenvalue weighted by molar-refractivity contribution is 5.90. The number of hydrogen-bond acceptors (Lipinski definition) is 3. The van der Waals surface area contributed by atoms with Crippen molar-refractivity contribution in [3.8, 4) is 0 Å². The maximum absolute atomic E-state index is 12.2. The summed E-state index contributed by atoms with van der Waals surface area (Å²) in [5, 5.41) is 12.1. The zero-order valence-corrected chi connectivity index (χ0v) is 14.2. The highest BCUT2D eigenvalue weighted by Gasteiger charge is 2.15. The van der Waals surface area contributed by atoms with Gasteiger partial charge in [-0.3, -0.25) is 9.69 Å². The van der Waals surface area contributed by atoms with Crippen LogP contribution in [0.1, 0.15) is 25.3 Å². The van der Waals surface area contributed by atoms with Crippen molar-refractivity contribution in [2.24, 2.45) is 0 Å². The van der Waals surface area contributed by atoms with Gasteiger partial charge >= 0.3 is 0 Å². The number of carbonyl (C=O) groups excluding carboxylic acids is 1. The molecule has 0 fully saturated rings. The Morgan fingerprint density at radius 1 is 1.08 bits per heavy atom. The van der Waals surface area contributed by atoms with Crippen molar-refractivity contribution in [2.45, 2.75) is 32.4 Å². The van der Waals surface area contributed by atoms with Crippen molar-refractivity contribution in [2.75, 3.05) is 18.5 Å². The van der Waals surface area contributed by atoms with Gasteiger partial charge in [0.2, 0.25) is 5.91 Å². The topological polar surface area (TPSA) is 52.6 Å². The van der Waals surface area contributed by atoms with Crippen LogP contribution in [-0.4, -0.2) is 35.1 Å². The Labute approximate surface area is 144 Å². The minimum atomic E-state index is 0.00969. The van der Waals surface area contributed by atoms with Gasteiger partial charge in [-0.1, -0.05) is 48.5 Å². The molecule has 0 saturated heterocycles. The smallest absolute Gasteiger partial charge is 0.225 e. The third-order valence-electron chi connectivity index (χ3n) is 4.08. The first-order valence-corrected chi connectivity index (χ1v) is 8.43. The summed E-state index contributed by atoms with van der Waals surface area (Å²) in [4.78, 5) is 14.4. The van der Waals surface area contributed by atoms with E-state index in [-0.39, 0.29) is 18.6 Å². The molecule has 1 amide bonds. The Kier molecular flexibility index (Phi) is 7.46. The van der Waals surface area contributed by atoms with Crippen LogP contribution < -0.4 is 5.32 Å². The first kappa shape index (κ1) is 18.2. The summed E-state index contributed by atoms with van der Waals surface area (Å²) in [6.45, 7) is 3.69. The number of hydrogen-bond donors (Lipinski definition) is 2. The lowest BCUT2D eigenvalue weighted by Gasteiger charge is -2.28. The Balaban J connectivity index is 1.91. The van der Waals surface area contributed by atoms with Crippen molar-refractivity contribution in [3.05, 3.63) is 66.2 Å². The van der Waals surface area contributed by atoms with E-state index in [9.17, 15) is 9.90 Å². The number of rotatable bonds is 9. The zero-order chi connectivity index (χ0) is 17.2. The molecule has 1 unspecified atom stereocenters. The summed E-state index contributed by atoms with van der Waals surface area (Å²) < 4.78 is 0. The lowest BCUT2D eigenvalue weighted by molar-refractivity contribution is -0.116. The minimum absolute atomic E-state index is 0.00969. The molecule has 0 aliphatic carbocycles. The summed E-state index contributed by atoms with van der Waals surface area (Å²) in [7, 11) is 0. The number of aliphatic hydroxyl groups is 1. The van der Waals surface area contributed by atoms with Gasteiger partial charge in [-0.25, -0.2) is 0 Å². The van der Waals surface area contributed by atoms with Crippen molar-refractivity contribution in [3.63, 3.8) is 0 Å². The molecule has 0 aliphatic rings. The molecule has 0 radical (unpaired) electrons. The second-order valence-corrected chi connectivity index (χ2v) is 5.98. The van der Waals surface area contributed by atoms with E-state index in [4.69, 9.17) is 0 Å². The van der Waals surface area contributed by atoms with Gasteiger partial charge in [-0.15, -0.1) is 0 Å². The molecule has 128 valence electrons. The number of nitrogens with one attached hydrogen (secondary N) is 1. The van der Waals surface area contributed by atoms with Gasteiger partial charge in [0, 0.05) is 37.8 Å². The number of nitrogens with zero attached hydrogens (tertiary/aromatic N) is 1. The fraction of sp³-hybridized carbons (Fsp3) is 0.350. The predicted molar refractivity (Wildman–Crippen MR) is 97.7 cm³/mol. The number of amides is 1. The average molecular weight is 326 g/mol. The zero-order valence-electron chi connectivity index (χ0n) is 14.2. The van der Waals surface area contributed by atoms with Crippen LogP contribution in [0.3, 0.4) is 0 Å². The Morgan fingerprint density at radius 3 is 2.33 bits per heavy atom. The molecular formula is C20H26N2O2. The normalized spacial score (nSPS) is 12.1. The SMILES string of the molecule is CC(CCO)N(CCC(=O)Nc1ccccc1)Cc1ccccc1. The molecule has 0 aliphatic heterocycles. The van der Waals surface area contributed by atoms with E-state index < -0.39 is 0 Å². The van der Waals surface area contributed by atoms with Crippen molar-refractivity contribution < 1.29 is 9.90 Å². The number of anilines is 1. The van der Waals surface area contributed by atoms with Gasteiger partial charge in [0.25, 0.3) is 0 Å². The first-order valence-electron chi connectivity index (χ1n) is 8.43. The monoisotopic (exact) mass is 326 g/mol. The summed E-state index contributed by atoms with van der Waals surface area (Å²) in [5.74, 6) is 0.00969. The van der Waals surface area contributed by atoms with E-state index in [0.29, 0.717) is 19.4 Å². The van der Waals surface area contributed by atoms with Crippen molar-refractivity contribution in [1.82, 2.24) is 4.90 Å². The predicted octanol–water partition coefficient (Wildman–Crippen LogP) is 3.29. The molecule has 2 aromatic carbocycles. The highest BCUT2D eigenvalue weighted by Crippen LogP contribution is 2.12. The quantitative estimate of drug-likeness (QED) is 0.743. The lowest BCUT2D eigenvalue weighted by atomic mass is 10.1. The Morgan fingerprint density at radius 2 is 1.71 bits per heavy atom. The number of benzene rings is 2. The van der Waals surface area contributed by atoms with Gasteiger partial charge in [0.15, 0.2) is 0 Å². The highest BCUT2D eigenvalue weighted by atomic mass is 16.3. The molecule has 0 saturated carbocycles. The van der Waals surface area contributed by atoms with Crippen LogP contribution in [-0.2, 0) is 11.3 Å². The molecular weight excluding hydrogens is 300 g/mol. The Hall–Kier alpha value is -2.17. The van der Waals surface area contributed by atoms with Crippen LogP contribution in [0.4, 0.5) is 5.69 Å². The molecule has 24 heavy (non-hydrogen) atoms. The molecule has 4 nitrogen and oxygen atoms in total. The molecule has 4 heteroatoms. The average Bonchev–Trinajstić information content (AvgIpc) is 2.60. The van der Waals surface area contributed by atoms with E-state index in [0.717, 1.165) is 12.2 Å². The number of para-hydroxylation sites is 1. The Bertz CT molecular complexity index is 602. The number of aliphatic hydroxyl groups excluding tert-OH is 1. The van der Waals surface area contributed by atoms with Crippen molar-refractivity contribution in [1.29, 1.82) is 0 Å². The number of carbonyl (C=O) groups is 1. The standard InChI is InChI=1S/C20H26N2O2/c1-17(13-15-23)22(16-18-8-4-2-5-9-18)14-12-20(24)21-19-10-6-3-7-11-19/h2-11,17,23H,12-16H2,1H3,(H,21,24). The first-order chi connectivity index (χ1) is 11.7. The molecule has 0 heterocycles. The van der Waals surface area contributed by atoms with E-state index in [1.165, 1.54) is 5.56 Å². The van der Waals surface area contributed by atoms with Crippen LogP contribution in [0, 0.1) is 0 Å². The lowest BCUT2D eigenvalue weighted by Crippen LogP contribution is -2.35. The van der Waals surface area contributed by atoms with Gasteiger partial charge in [-0.2, -0.15) is 0 Å². The fourth-order valence-corrected chi connectivity index (χ4v) is 2.63. The van der Waals surface area contributed by atoms with E-state index in [1.807, 2.05) is 48.5 Å². The molecule has 2 rings (SSSR count). The molecule has 2 aromatic rings. The van der Waals surface area contributed by atoms with Gasteiger partial charge in [0.1, 0.15) is 0 Å². The summed E-state index contributed by atoms with van der Waals surface area (Å²) >= 11 is 0. The van der Waals surface area contributed by atoms with E-state index in [1.54, 1.807) is 0 Å². The third kappa shape index (κ3) is 6.14.